The quantitative estimate of drug-likeness (QED) is 0.523. The second kappa shape index (κ2) is 10.4. The summed E-state index contributed by atoms with van der Waals surface area (Å²) in [5.74, 6) is 2.39. The summed E-state index contributed by atoms with van der Waals surface area (Å²) in [5.41, 5.74) is 2.46. The van der Waals surface area contributed by atoms with Crippen molar-refractivity contribution in [1.82, 2.24) is 4.90 Å². The molecule has 0 saturated carbocycles. The highest BCUT2D eigenvalue weighted by atomic mass is 16.5. The highest BCUT2D eigenvalue weighted by molar-refractivity contribution is 5.22. The summed E-state index contributed by atoms with van der Waals surface area (Å²) in [6.07, 6.45) is 4.56. The number of aryl methyl sites for hydroxylation is 1. The van der Waals surface area contributed by atoms with Gasteiger partial charge in [0.1, 0.15) is 6.61 Å². The number of aliphatic hydroxyl groups excluding tert-OH is 1. The summed E-state index contributed by atoms with van der Waals surface area (Å²) in [4.78, 5) is 2.15. The summed E-state index contributed by atoms with van der Waals surface area (Å²) in [6.45, 7) is 5.25. The molecule has 0 aliphatic carbocycles. The van der Waals surface area contributed by atoms with Crippen molar-refractivity contribution < 1.29 is 14.6 Å². The second-order valence-electron chi connectivity index (χ2n) is 5.09. The van der Waals surface area contributed by atoms with E-state index in [1.165, 1.54) is 11.1 Å². The lowest BCUT2D eigenvalue weighted by Gasteiger charge is -2.25. The average Bonchev–Trinajstić information content (AvgIpc) is 2.45. The van der Waals surface area contributed by atoms with E-state index in [1.807, 2.05) is 6.07 Å². The Balaban J connectivity index is 2.52. The highest BCUT2D eigenvalue weighted by Crippen LogP contribution is 2.08. The van der Waals surface area contributed by atoms with Crippen LogP contribution in [0.25, 0.3) is 0 Å². The van der Waals surface area contributed by atoms with Crippen LogP contribution >= 0.6 is 0 Å². The normalized spacial score (nSPS) is 12.3. The molecule has 0 saturated heterocycles. The molecule has 1 atom stereocenters. The maximum absolute atomic E-state index is 10.0. The number of rotatable bonds is 10. The SMILES string of the molecule is C#CCOC[C@@H](O)CN(CCOC)Cc1cccc(C)c1. The van der Waals surface area contributed by atoms with Crippen LogP contribution in [-0.2, 0) is 16.0 Å². The lowest BCUT2D eigenvalue weighted by Crippen LogP contribution is -2.36. The minimum Gasteiger partial charge on any atom is -0.389 e. The Morgan fingerprint density at radius 3 is 2.90 bits per heavy atom. The van der Waals surface area contributed by atoms with Crippen molar-refractivity contribution in [2.24, 2.45) is 0 Å². The van der Waals surface area contributed by atoms with Crippen LogP contribution in [0.4, 0.5) is 0 Å². The van der Waals surface area contributed by atoms with Crippen molar-refractivity contribution >= 4 is 0 Å². The van der Waals surface area contributed by atoms with Gasteiger partial charge in [0, 0.05) is 26.7 Å². The molecule has 1 N–H and O–H groups in total. The predicted octanol–water partition coefficient (Wildman–Crippen LogP) is 1.45. The van der Waals surface area contributed by atoms with Crippen LogP contribution in [0, 0.1) is 19.3 Å². The van der Waals surface area contributed by atoms with Gasteiger partial charge in [-0.3, -0.25) is 4.90 Å². The Hall–Kier alpha value is -1.38. The van der Waals surface area contributed by atoms with E-state index in [4.69, 9.17) is 15.9 Å². The smallest absolute Gasteiger partial charge is 0.107 e. The Morgan fingerprint density at radius 2 is 2.24 bits per heavy atom. The largest absolute Gasteiger partial charge is 0.389 e. The maximum atomic E-state index is 10.0. The zero-order valence-electron chi connectivity index (χ0n) is 12.9. The predicted molar refractivity (Wildman–Crippen MR) is 84.0 cm³/mol. The molecule has 0 heterocycles. The molecule has 116 valence electrons. The first-order valence-corrected chi connectivity index (χ1v) is 7.11. The number of terminal acetylenes is 1. The Morgan fingerprint density at radius 1 is 1.43 bits per heavy atom. The Kier molecular flexibility index (Phi) is 8.72. The number of hydrogen-bond donors (Lipinski definition) is 1. The summed E-state index contributed by atoms with van der Waals surface area (Å²) >= 11 is 0. The average molecular weight is 291 g/mol. The number of ether oxygens (including phenoxy) is 2. The van der Waals surface area contributed by atoms with Crippen molar-refractivity contribution in [2.45, 2.75) is 19.6 Å². The van der Waals surface area contributed by atoms with E-state index in [0.29, 0.717) is 13.2 Å². The van der Waals surface area contributed by atoms with Gasteiger partial charge >= 0.3 is 0 Å². The zero-order valence-corrected chi connectivity index (χ0v) is 12.9. The summed E-state index contributed by atoms with van der Waals surface area (Å²) < 4.78 is 10.3. The molecule has 0 aliphatic heterocycles. The van der Waals surface area contributed by atoms with Crippen LogP contribution in [-0.4, -0.2) is 56.1 Å². The van der Waals surface area contributed by atoms with Gasteiger partial charge in [0.05, 0.1) is 19.3 Å². The summed E-state index contributed by atoms with van der Waals surface area (Å²) in [6, 6.07) is 8.37. The molecular formula is C17H25NO3. The first kappa shape index (κ1) is 17.7. The fourth-order valence-corrected chi connectivity index (χ4v) is 2.13. The van der Waals surface area contributed by atoms with Crippen LogP contribution in [0.5, 0.6) is 0 Å². The van der Waals surface area contributed by atoms with Gasteiger partial charge in [0.15, 0.2) is 0 Å². The van der Waals surface area contributed by atoms with Crippen LogP contribution < -0.4 is 0 Å². The third kappa shape index (κ3) is 7.84. The molecule has 0 fully saturated rings. The molecule has 21 heavy (non-hydrogen) atoms. The number of nitrogens with zero attached hydrogens (tertiary/aromatic N) is 1. The van der Waals surface area contributed by atoms with E-state index in [2.05, 4.69) is 35.9 Å². The van der Waals surface area contributed by atoms with E-state index in [0.717, 1.165) is 13.1 Å². The first-order chi connectivity index (χ1) is 10.2. The van der Waals surface area contributed by atoms with Crippen molar-refractivity contribution in [3.63, 3.8) is 0 Å². The molecule has 0 aliphatic rings. The summed E-state index contributed by atoms with van der Waals surface area (Å²) in [7, 11) is 1.68. The van der Waals surface area contributed by atoms with Gasteiger partial charge in [-0.1, -0.05) is 35.7 Å². The standard InChI is InChI=1S/C17H25NO3/c1-4-9-21-14-17(19)13-18(8-10-20-3)12-16-7-5-6-15(2)11-16/h1,5-7,11,17,19H,8-10,12-14H2,2-3H3/t17-/m0/s1. The zero-order chi connectivity index (χ0) is 15.5. The van der Waals surface area contributed by atoms with Crippen LogP contribution in [0.15, 0.2) is 24.3 Å². The molecule has 1 rings (SSSR count). The van der Waals surface area contributed by atoms with Crippen molar-refractivity contribution in [2.75, 3.05) is 40.0 Å². The number of benzene rings is 1. The molecule has 0 spiro atoms. The highest BCUT2D eigenvalue weighted by Gasteiger charge is 2.12. The first-order valence-electron chi connectivity index (χ1n) is 7.11. The molecule has 1 aromatic rings. The maximum Gasteiger partial charge on any atom is 0.107 e. The van der Waals surface area contributed by atoms with Crippen molar-refractivity contribution in [3.05, 3.63) is 35.4 Å². The number of aliphatic hydroxyl groups is 1. The van der Waals surface area contributed by atoms with Gasteiger partial charge < -0.3 is 14.6 Å². The van der Waals surface area contributed by atoms with Gasteiger partial charge in [-0.15, -0.1) is 6.42 Å². The molecule has 0 amide bonds. The van der Waals surface area contributed by atoms with Gasteiger partial charge in [-0.25, -0.2) is 0 Å². The second-order valence-corrected chi connectivity index (χ2v) is 5.09. The molecule has 0 radical (unpaired) electrons. The molecule has 0 unspecified atom stereocenters. The lowest BCUT2D eigenvalue weighted by atomic mass is 10.1. The van der Waals surface area contributed by atoms with Crippen molar-refractivity contribution in [1.29, 1.82) is 0 Å². The molecule has 0 bridgehead atoms. The monoisotopic (exact) mass is 291 g/mol. The van der Waals surface area contributed by atoms with Gasteiger partial charge in [-0.05, 0) is 12.5 Å². The third-order valence-corrected chi connectivity index (χ3v) is 3.06. The van der Waals surface area contributed by atoms with E-state index in [1.54, 1.807) is 7.11 Å². The van der Waals surface area contributed by atoms with E-state index < -0.39 is 6.10 Å². The molecule has 4 heteroatoms. The van der Waals surface area contributed by atoms with Crippen LogP contribution in [0.2, 0.25) is 0 Å². The van der Waals surface area contributed by atoms with Gasteiger partial charge in [0.25, 0.3) is 0 Å². The van der Waals surface area contributed by atoms with Crippen LogP contribution in [0.1, 0.15) is 11.1 Å². The van der Waals surface area contributed by atoms with E-state index in [9.17, 15) is 5.11 Å². The fraction of sp³-hybridized carbons (Fsp3) is 0.529. The van der Waals surface area contributed by atoms with Gasteiger partial charge in [0.2, 0.25) is 0 Å². The van der Waals surface area contributed by atoms with Crippen molar-refractivity contribution in [3.8, 4) is 12.3 Å². The Bertz CT molecular complexity index is 442. The molecule has 1 aromatic carbocycles. The number of methoxy groups -OCH3 is 1. The lowest BCUT2D eigenvalue weighted by molar-refractivity contribution is 0.0207. The van der Waals surface area contributed by atoms with Gasteiger partial charge in [-0.2, -0.15) is 0 Å². The summed E-state index contributed by atoms with van der Waals surface area (Å²) in [5, 5.41) is 10.0. The topological polar surface area (TPSA) is 41.9 Å². The number of hydrogen-bond acceptors (Lipinski definition) is 4. The molecule has 0 aromatic heterocycles. The van der Waals surface area contributed by atoms with Crippen LogP contribution in [0.3, 0.4) is 0 Å². The minimum absolute atomic E-state index is 0.229. The fourth-order valence-electron chi connectivity index (χ4n) is 2.13. The third-order valence-electron chi connectivity index (χ3n) is 3.06. The van der Waals surface area contributed by atoms with E-state index in [-0.39, 0.29) is 13.2 Å². The van der Waals surface area contributed by atoms with E-state index >= 15 is 0 Å². The minimum atomic E-state index is -0.556. The molecular weight excluding hydrogens is 266 g/mol. The molecule has 4 nitrogen and oxygen atoms in total. The Labute approximate surface area is 127 Å².